The molecule has 0 saturated heterocycles. The van der Waals surface area contributed by atoms with Gasteiger partial charge in [0.25, 0.3) is 0 Å². The maximum atomic E-state index is 13.0. The van der Waals surface area contributed by atoms with Crippen LogP contribution in [0.15, 0.2) is 28.9 Å². The molecule has 0 aliphatic carbocycles. The fourth-order valence-corrected chi connectivity index (χ4v) is 2.30. The Bertz CT molecular complexity index is 551. The summed E-state index contributed by atoms with van der Waals surface area (Å²) in [6, 6.07) is 4.58. The summed E-state index contributed by atoms with van der Waals surface area (Å²) < 4.78 is 13.7. The van der Waals surface area contributed by atoms with Crippen molar-refractivity contribution >= 4 is 15.9 Å². The number of rotatable bonds is 5. The summed E-state index contributed by atoms with van der Waals surface area (Å²) in [5.74, 6) is 1.10. The number of nitrogens with one attached hydrogen (secondary N) is 2. The number of aromatic nitrogens is 2. The van der Waals surface area contributed by atoms with E-state index in [0.29, 0.717) is 10.4 Å². The third kappa shape index (κ3) is 3.88. The van der Waals surface area contributed by atoms with Crippen LogP contribution in [0.3, 0.4) is 0 Å². The lowest BCUT2D eigenvalue weighted by Crippen LogP contribution is -2.19. The summed E-state index contributed by atoms with van der Waals surface area (Å²) in [5, 5.41) is 3.35. The standard InChI is InChI=1S/C14H17BrFN3/c1-9(2)6-17-7-11-8-18-14(19-11)12-4-3-10(16)5-13(12)15/h3-5,8-9,17H,6-7H2,1-2H3,(H,18,19). The van der Waals surface area contributed by atoms with E-state index in [2.05, 4.69) is 45.1 Å². The van der Waals surface area contributed by atoms with Crippen molar-refractivity contribution in [1.82, 2.24) is 15.3 Å². The summed E-state index contributed by atoms with van der Waals surface area (Å²) in [5.41, 5.74) is 1.88. The largest absolute Gasteiger partial charge is 0.341 e. The number of aromatic amines is 1. The van der Waals surface area contributed by atoms with Gasteiger partial charge < -0.3 is 10.3 Å². The van der Waals surface area contributed by atoms with Gasteiger partial charge in [-0.25, -0.2) is 9.37 Å². The number of halogens is 2. The van der Waals surface area contributed by atoms with E-state index in [1.54, 1.807) is 12.3 Å². The first kappa shape index (κ1) is 14.2. The highest BCUT2D eigenvalue weighted by Gasteiger charge is 2.08. The average molecular weight is 326 g/mol. The Morgan fingerprint density at radius 1 is 1.42 bits per heavy atom. The first-order valence-corrected chi connectivity index (χ1v) is 7.05. The lowest BCUT2D eigenvalue weighted by atomic mass is 10.2. The zero-order valence-corrected chi connectivity index (χ0v) is 12.6. The molecule has 0 fully saturated rings. The molecular weight excluding hydrogens is 309 g/mol. The molecule has 102 valence electrons. The second-order valence-electron chi connectivity index (χ2n) is 4.91. The van der Waals surface area contributed by atoms with Crippen molar-refractivity contribution in [2.24, 2.45) is 5.92 Å². The lowest BCUT2D eigenvalue weighted by Gasteiger charge is -2.05. The minimum absolute atomic E-state index is 0.263. The quantitative estimate of drug-likeness (QED) is 0.879. The Morgan fingerprint density at radius 3 is 2.89 bits per heavy atom. The molecule has 1 aromatic carbocycles. The Labute approximate surface area is 120 Å². The summed E-state index contributed by atoms with van der Waals surface area (Å²) in [4.78, 5) is 7.56. The van der Waals surface area contributed by atoms with Gasteiger partial charge in [-0.1, -0.05) is 13.8 Å². The van der Waals surface area contributed by atoms with Gasteiger partial charge in [-0.2, -0.15) is 0 Å². The van der Waals surface area contributed by atoms with Crippen LogP contribution in [0.5, 0.6) is 0 Å². The molecule has 0 bridgehead atoms. The zero-order valence-electron chi connectivity index (χ0n) is 11.0. The first-order valence-electron chi connectivity index (χ1n) is 6.26. The van der Waals surface area contributed by atoms with Crippen molar-refractivity contribution in [3.63, 3.8) is 0 Å². The predicted molar refractivity (Wildman–Crippen MR) is 78.2 cm³/mol. The van der Waals surface area contributed by atoms with Crippen LogP contribution < -0.4 is 5.32 Å². The predicted octanol–water partition coefficient (Wildman–Crippen LogP) is 3.72. The van der Waals surface area contributed by atoms with Gasteiger partial charge in [0.05, 0.1) is 0 Å². The molecule has 0 atom stereocenters. The molecule has 5 heteroatoms. The SMILES string of the molecule is CC(C)CNCc1cnc(-c2ccc(F)cc2Br)[nH]1. The molecule has 0 radical (unpaired) electrons. The normalized spacial score (nSPS) is 11.2. The van der Waals surface area contributed by atoms with Gasteiger partial charge in [-0.3, -0.25) is 0 Å². The van der Waals surface area contributed by atoms with Gasteiger partial charge >= 0.3 is 0 Å². The molecule has 0 unspecified atom stereocenters. The fraction of sp³-hybridized carbons (Fsp3) is 0.357. The zero-order chi connectivity index (χ0) is 13.8. The number of imidazole rings is 1. The van der Waals surface area contributed by atoms with Crippen molar-refractivity contribution in [2.45, 2.75) is 20.4 Å². The van der Waals surface area contributed by atoms with E-state index in [1.165, 1.54) is 12.1 Å². The van der Waals surface area contributed by atoms with Gasteiger partial charge in [-0.05, 0) is 46.6 Å². The minimum Gasteiger partial charge on any atom is -0.341 e. The smallest absolute Gasteiger partial charge is 0.138 e. The van der Waals surface area contributed by atoms with Gasteiger partial charge in [0.1, 0.15) is 11.6 Å². The molecule has 3 nitrogen and oxygen atoms in total. The maximum Gasteiger partial charge on any atom is 0.138 e. The van der Waals surface area contributed by atoms with E-state index in [1.807, 2.05) is 0 Å². The van der Waals surface area contributed by atoms with Gasteiger partial charge in [0, 0.05) is 28.5 Å². The van der Waals surface area contributed by atoms with Crippen molar-refractivity contribution in [3.05, 3.63) is 40.4 Å². The Hall–Kier alpha value is -1.20. The first-order chi connectivity index (χ1) is 9.06. The molecule has 19 heavy (non-hydrogen) atoms. The minimum atomic E-state index is -0.263. The van der Waals surface area contributed by atoms with Crippen molar-refractivity contribution in [3.8, 4) is 11.4 Å². The van der Waals surface area contributed by atoms with Gasteiger partial charge in [0.2, 0.25) is 0 Å². The molecule has 0 aliphatic rings. The number of hydrogen-bond acceptors (Lipinski definition) is 2. The third-order valence-electron chi connectivity index (χ3n) is 2.68. The Balaban J connectivity index is 2.08. The van der Waals surface area contributed by atoms with Crippen LogP contribution in [0.2, 0.25) is 0 Å². The topological polar surface area (TPSA) is 40.7 Å². The number of benzene rings is 1. The van der Waals surface area contributed by atoms with Crippen LogP contribution >= 0.6 is 15.9 Å². The summed E-state index contributed by atoms with van der Waals surface area (Å²) >= 11 is 3.35. The molecule has 0 aliphatic heterocycles. The summed E-state index contributed by atoms with van der Waals surface area (Å²) in [6.45, 7) is 6.06. The Kier molecular flexibility index (Phi) is 4.71. The monoisotopic (exact) mass is 325 g/mol. The molecule has 0 amide bonds. The Morgan fingerprint density at radius 2 is 2.21 bits per heavy atom. The van der Waals surface area contributed by atoms with Crippen LogP contribution in [0.4, 0.5) is 4.39 Å². The molecule has 0 saturated carbocycles. The van der Waals surface area contributed by atoms with Crippen LogP contribution in [0.25, 0.3) is 11.4 Å². The number of H-pyrrole nitrogens is 1. The third-order valence-corrected chi connectivity index (χ3v) is 3.34. The van der Waals surface area contributed by atoms with E-state index in [0.717, 1.165) is 30.2 Å². The van der Waals surface area contributed by atoms with Crippen molar-refractivity contribution < 1.29 is 4.39 Å². The second-order valence-corrected chi connectivity index (χ2v) is 5.76. The summed E-state index contributed by atoms with van der Waals surface area (Å²) in [6.07, 6.45) is 1.80. The van der Waals surface area contributed by atoms with Crippen LogP contribution in [-0.2, 0) is 6.54 Å². The van der Waals surface area contributed by atoms with Crippen molar-refractivity contribution in [2.75, 3.05) is 6.54 Å². The van der Waals surface area contributed by atoms with E-state index in [-0.39, 0.29) is 5.82 Å². The molecule has 2 aromatic rings. The molecule has 2 N–H and O–H groups in total. The summed E-state index contributed by atoms with van der Waals surface area (Å²) in [7, 11) is 0. The lowest BCUT2D eigenvalue weighted by molar-refractivity contribution is 0.549. The van der Waals surface area contributed by atoms with E-state index in [4.69, 9.17) is 0 Å². The second kappa shape index (κ2) is 6.30. The highest BCUT2D eigenvalue weighted by Crippen LogP contribution is 2.26. The molecular formula is C14H17BrFN3. The molecule has 2 rings (SSSR count). The average Bonchev–Trinajstić information content (AvgIpc) is 2.77. The van der Waals surface area contributed by atoms with Crippen LogP contribution in [0.1, 0.15) is 19.5 Å². The van der Waals surface area contributed by atoms with E-state index in [9.17, 15) is 4.39 Å². The number of hydrogen-bond donors (Lipinski definition) is 2. The van der Waals surface area contributed by atoms with E-state index < -0.39 is 0 Å². The number of nitrogens with zero attached hydrogens (tertiary/aromatic N) is 1. The van der Waals surface area contributed by atoms with Crippen LogP contribution in [0, 0.1) is 11.7 Å². The maximum absolute atomic E-state index is 13.0. The molecule has 1 heterocycles. The van der Waals surface area contributed by atoms with Crippen LogP contribution in [-0.4, -0.2) is 16.5 Å². The van der Waals surface area contributed by atoms with Gasteiger partial charge in [0.15, 0.2) is 0 Å². The van der Waals surface area contributed by atoms with E-state index >= 15 is 0 Å². The van der Waals surface area contributed by atoms with Crippen molar-refractivity contribution in [1.29, 1.82) is 0 Å². The van der Waals surface area contributed by atoms with Gasteiger partial charge in [-0.15, -0.1) is 0 Å². The molecule has 0 spiro atoms. The highest BCUT2D eigenvalue weighted by molar-refractivity contribution is 9.10. The molecule has 1 aromatic heterocycles. The highest BCUT2D eigenvalue weighted by atomic mass is 79.9. The fourth-order valence-electron chi connectivity index (χ4n) is 1.76.